The summed E-state index contributed by atoms with van der Waals surface area (Å²) < 4.78 is 0. The van der Waals surface area contributed by atoms with Crippen LogP contribution in [0.25, 0.3) is 6.08 Å². The van der Waals surface area contributed by atoms with E-state index >= 15 is 0 Å². The Morgan fingerprint density at radius 3 is 2.88 bits per heavy atom. The van der Waals surface area contributed by atoms with Gasteiger partial charge in [-0.1, -0.05) is 12.7 Å². The van der Waals surface area contributed by atoms with E-state index in [1.54, 1.807) is 6.20 Å². The zero-order valence-electron chi connectivity index (χ0n) is 10.6. The van der Waals surface area contributed by atoms with Crippen molar-refractivity contribution in [1.29, 1.82) is 0 Å². The number of aromatic amines is 1. The van der Waals surface area contributed by atoms with E-state index < -0.39 is 5.41 Å². The number of carbonyl (C=O) groups is 1. The molecule has 0 unspecified atom stereocenters. The number of amides is 1. The van der Waals surface area contributed by atoms with Gasteiger partial charge in [-0.3, -0.25) is 9.89 Å². The maximum Gasteiger partial charge on any atom is 0.230 e. The van der Waals surface area contributed by atoms with Gasteiger partial charge in [0.25, 0.3) is 0 Å². The Morgan fingerprint density at radius 2 is 2.35 bits per heavy atom. The molecule has 0 atom stereocenters. The molecule has 0 aromatic carbocycles. The van der Waals surface area contributed by atoms with E-state index in [9.17, 15) is 4.79 Å². The minimum absolute atomic E-state index is 0.0146. The highest BCUT2D eigenvalue weighted by Gasteiger charge is 2.28. The van der Waals surface area contributed by atoms with Crippen molar-refractivity contribution in [2.45, 2.75) is 20.8 Å². The highest BCUT2D eigenvalue weighted by atomic mass is 16.2. The maximum atomic E-state index is 11.8. The second-order valence-electron chi connectivity index (χ2n) is 4.36. The summed E-state index contributed by atoms with van der Waals surface area (Å²) in [4.78, 5) is 11.8. The molecule has 0 spiro atoms. The van der Waals surface area contributed by atoms with E-state index in [0.717, 1.165) is 11.3 Å². The monoisotopic (exact) mass is 233 g/mol. The van der Waals surface area contributed by atoms with Gasteiger partial charge in [-0.05, 0) is 38.5 Å². The summed E-state index contributed by atoms with van der Waals surface area (Å²) in [6, 6.07) is 1.85. The number of aromatic nitrogens is 2. The largest absolute Gasteiger partial charge is 0.356 e. The number of carbonyl (C=O) groups excluding carboxylic acids is 1. The van der Waals surface area contributed by atoms with Crippen molar-refractivity contribution in [3.05, 3.63) is 36.2 Å². The van der Waals surface area contributed by atoms with Crippen molar-refractivity contribution in [2.75, 3.05) is 6.54 Å². The van der Waals surface area contributed by atoms with E-state index in [1.807, 2.05) is 39.0 Å². The summed E-state index contributed by atoms with van der Waals surface area (Å²) in [6.45, 7) is 10.2. The number of hydrogen-bond acceptors (Lipinski definition) is 2. The molecule has 0 radical (unpaired) electrons. The topological polar surface area (TPSA) is 57.8 Å². The van der Waals surface area contributed by atoms with Crippen LogP contribution in [0.3, 0.4) is 0 Å². The minimum atomic E-state index is -0.605. The Labute approximate surface area is 102 Å². The zero-order valence-corrected chi connectivity index (χ0v) is 10.6. The summed E-state index contributed by atoms with van der Waals surface area (Å²) in [7, 11) is 0. The number of H-pyrrole nitrogens is 1. The average Bonchev–Trinajstić information content (AvgIpc) is 2.78. The lowest BCUT2D eigenvalue weighted by atomic mass is 9.83. The molecule has 17 heavy (non-hydrogen) atoms. The summed E-state index contributed by atoms with van der Waals surface area (Å²) >= 11 is 0. The van der Waals surface area contributed by atoms with Gasteiger partial charge in [-0.2, -0.15) is 5.10 Å². The molecule has 1 aromatic heterocycles. The molecule has 0 saturated carbocycles. The molecule has 4 heteroatoms. The van der Waals surface area contributed by atoms with Gasteiger partial charge in [0.15, 0.2) is 0 Å². The van der Waals surface area contributed by atoms with Crippen LogP contribution in [0.2, 0.25) is 0 Å². The van der Waals surface area contributed by atoms with Crippen LogP contribution in [0.1, 0.15) is 26.5 Å². The van der Waals surface area contributed by atoms with Crippen molar-refractivity contribution in [1.82, 2.24) is 15.5 Å². The van der Waals surface area contributed by atoms with E-state index in [-0.39, 0.29) is 5.91 Å². The molecule has 4 nitrogen and oxygen atoms in total. The molecule has 0 bridgehead atoms. The van der Waals surface area contributed by atoms with E-state index in [1.165, 1.54) is 0 Å². The Balaban J connectivity index is 2.72. The molecule has 1 heterocycles. The third-order valence-electron chi connectivity index (χ3n) is 2.69. The molecule has 1 amide bonds. The van der Waals surface area contributed by atoms with Crippen LogP contribution in [0.4, 0.5) is 0 Å². The normalized spacial score (nSPS) is 11.7. The summed E-state index contributed by atoms with van der Waals surface area (Å²) in [5.74, 6) is -0.0146. The quantitative estimate of drug-likeness (QED) is 0.765. The lowest BCUT2D eigenvalue weighted by Crippen LogP contribution is -2.37. The Kier molecular flexibility index (Phi) is 4.26. The first-order chi connectivity index (χ1) is 7.98. The van der Waals surface area contributed by atoms with Crippen LogP contribution in [-0.4, -0.2) is 22.6 Å². The second-order valence-corrected chi connectivity index (χ2v) is 4.36. The average molecular weight is 233 g/mol. The number of rotatable bonds is 5. The van der Waals surface area contributed by atoms with Crippen molar-refractivity contribution >= 4 is 12.0 Å². The van der Waals surface area contributed by atoms with Crippen LogP contribution < -0.4 is 5.32 Å². The predicted molar refractivity (Wildman–Crippen MR) is 69.2 cm³/mol. The molecule has 1 aromatic rings. The standard InChI is InChI=1S/C13H19N3O/c1-5-14-12(17)13(3,4)10(2)6-7-11-8-9-15-16-11/h6-9H,2,5H2,1,3-4H3,(H,14,17)(H,15,16)/b7-6-. The zero-order chi connectivity index (χ0) is 12.9. The first-order valence-electron chi connectivity index (χ1n) is 5.63. The predicted octanol–water partition coefficient (Wildman–Crippen LogP) is 2.14. The molecular formula is C13H19N3O. The van der Waals surface area contributed by atoms with Crippen LogP contribution in [0.5, 0.6) is 0 Å². The SMILES string of the molecule is C=C(/C=C\c1ccn[nH]1)C(C)(C)C(=O)NCC. The summed E-state index contributed by atoms with van der Waals surface area (Å²) in [5, 5.41) is 9.47. The van der Waals surface area contributed by atoms with Crippen LogP contribution in [-0.2, 0) is 4.79 Å². The fraction of sp³-hybridized carbons (Fsp3) is 0.385. The van der Waals surface area contributed by atoms with Gasteiger partial charge in [-0.15, -0.1) is 0 Å². The van der Waals surface area contributed by atoms with Crippen molar-refractivity contribution in [3.8, 4) is 0 Å². The molecule has 0 aliphatic heterocycles. The number of hydrogen-bond donors (Lipinski definition) is 2. The van der Waals surface area contributed by atoms with E-state index in [4.69, 9.17) is 0 Å². The number of nitrogens with one attached hydrogen (secondary N) is 2. The van der Waals surface area contributed by atoms with Crippen molar-refractivity contribution < 1.29 is 4.79 Å². The highest BCUT2D eigenvalue weighted by molar-refractivity contribution is 5.85. The number of nitrogens with zero attached hydrogens (tertiary/aromatic N) is 1. The van der Waals surface area contributed by atoms with Crippen molar-refractivity contribution in [3.63, 3.8) is 0 Å². The molecule has 0 fully saturated rings. The van der Waals surface area contributed by atoms with Crippen LogP contribution in [0, 0.1) is 5.41 Å². The molecule has 92 valence electrons. The smallest absolute Gasteiger partial charge is 0.230 e. The molecule has 1 rings (SSSR count). The summed E-state index contributed by atoms with van der Waals surface area (Å²) in [6.07, 6.45) is 5.37. The lowest BCUT2D eigenvalue weighted by Gasteiger charge is -2.23. The van der Waals surface area contributed by atoms with Gasteiger partial charge < -0.3 is 5.32 Å². The third kappa shape index (κ3) is 3.31. The molecule has 0 aliphatic carbocycles. The Morgan fingerprint density at radius 1 is 1.65 bits per heavy atom. The van der Waals surface area contributed by atoms with Gasteiger partial charge >= 0.3 is 0 Å². The molecule has 0 aliphatic rings. The second kappa shape index (κ2) is 5.48. The summed E-state index contributed by atoms with van der Waals surface area (Å²) in [5.41, 5.74) is 1.04. The van der Waals surface area contributed by atoms with Gasteiger partial charge in [0.2, 0.25) is 5.91 Å². The fourth-order valence-corrected chi connectivity index (χ4v) is 1.29. The van der Waals surface area contributed by atoms with E-state index in [2.05, 4.69) is 22.1 Å². The Bertz CT molecular complexity index is 416. The third-order valence-corrected chi connectivity index (χ3v) is 2.69. The molecular weight excluding hydrogens is 214 g/mol. The fourth-order valence-electron chi connectivity index (χ4n) is 1.29. The molecule has 0 saturated heterocycles. The van der Waals surface area contributed by atoms with Gasteiger partial charge in [0.1, 0.15) is 0 Å². The maximum absolute atomic E-state index is 11.8. The highest BCUT2D eigenvalue weighted by Crippen LogP contribution is 2.26. The lowest BCUT2D eigenvalue weighted by molar-refractivity contribution is -0.127. The Hall–Kier alpha value is -1.84. The van der Waals surface area contributed by atoms with Gasteiger partial charge in [0.05, 0.1) is 11.1 Å². The van der Waals surface area contributed by atoms with Crippen molar-refractivity contribution in [2.24, 2.45) is 5.41 Å². The first kappa shape index (κ1) is 13.2. The minimum Gasteiger partial charge on any atom is -0.356 e. The van der Waals surface area contributed by atoms with E-state index in [0.29, 0.717) is 6.54 Å². The van der Waals surface area contributed by atoms with Crippen LogP contribution >= 0.6 is 0 Å². The molecule has 2 N–H and O–H groups in total. The first-order valence-corrected chi connectivity index (χ1v) is 5.63. The van der Waals surface area contributed by atoms with Crippen LogP contribution in [0.15, 0.2) is 30.5 Å². The van der Waals surface area contributed by atoms with Gasteiger partial charge in [0, 0.05) is 12.7 Å². The number of allylic oxidation sites excluding steroid dienone is 1. The van der Waals surface area contributed by atoms with Gasteiger partial charge in [-0.25, -0.2) is 0 Å².